The monoisotopic (exact) mass is 508 g/mol. The summed E-state index contributed by atoms with van der Waals surface area (Å²) in [4.78, 5) is 39.2. The summed E-state index contributed by atoms with van der Waals surface area (Å²) in [5, 5.41) is 2.36. The number of carbonyl (C=O) groups is 3. The maximum atomic E-state index is 13.5. The van der Waals surface area contributed by atoms with Crippen molar-refractivity contribution in [1.29, 1.82) is 0 Å². The van der Waals surface area contributed by atoms with Crippen LogP contribution in [0.2, 0.25) is 5.02 Å². The van der Waals surface area contributed by atoms with Crippen molar-refractivity contribution in [1.82, 2.24) is 5.32 Å². The molecule has 3 aromatic rings. The molecule has 9 heteroatoms. The van der Waals surface area contributed by atoms with Gasteiger partial charge in [-0.15, -0.1) is 0 Å². The Balaban J connectivity index is 1.66. The van der Waals surface area contributed by atoms with Crippen LogP contribution in [0, 0.1) is 19.7 Å². The van der Waals surface area contributed by atoms with Gasteiger partial charge in [0.1, 0.15) is 18.0 Å². The molecule has 1 aliphatic heterocycles. The van der Waals surface area contributed by atoms with Gasteiger partial charge in [-0.1, -0.05) is 29.8 Å². The van der Waals surface area contributed by atoms with Crippen LogP contribution >= 0.6 is 11.6 Å². The van der Waals surface area contributed by atoms with Gasteiger partial charge in [0.15, 0.2) is 11.5 Å². The molecule has 0 aromatic heterocycles. The number of amides is 4. The minimum Gasteiger partial charge on any atom is -0.493 e. The van der Waals surface area contributed by atoms with Crippen LogP contribution in [-0.4, -0.2) is 25.0 Å². The van der Waals surface area contributed by atoms with E-state index in [0.29, 0.717) is 16.8 Å². The number of ether oxygens (including phenoxy) is 2. The van der Waals surface area contributed by atoms with Gasteiger partial charge in [0, 0.05) is 0 Å². The molecular weight excluding hydrogens is 487 g/mol. The number of imide groups is 2. The molecule has 4 rings (SSSR count). The van der Waals surface area contributed by atoms with Crippen LogP contribution in [0.3, 0.4) is 0 Å². The fourth-order valence-corrected chi connectivity index (χ4v) is 4.16. The van der Waals surface area contributed by atoms with Gasteiger partial charge in [0.05, 0.1) is 17.8 Å². The third-order valence-electron chi connectivity index (χ3n) is 5.40. The summed E-state index contributed by atoms with van der Waals surface area (Å²) in [6.45, 7) is 3.73. The van der Waals surface area contributed by atoms with Gasteiger partial charge >= 0.3 is 6.03 Å². The minimum atomic E-state index is -0.830. The summed E-state index contributed by atoms with van der Waals surface area (Å²) in [7, 11) is 1.41. The molecule has 184 valence electrons. The number of barbiturate groups is 1. The zero-order valence-corrected chi connectivity index (χ0v) is 20.5. The first-order chi connectivity index (χ1) is 17.2. The van der Waals surface area contributed by atoms with Crippen molar-refractivity contribution in [2.24, 2.45) is 0 Å². The van der Waals surface area contributed by atoms with E-state index in [9.17, 15) is 18.8 Å². The van der Waals surface area contributed by atoms with E-state index in [2.05, 4.69) is 5.32 Å². The van der Waals surface area contributed by atoms with E-state index >= 15 is 0 Å². The molecule has 1 N–H and O–H groups in total. The number of benzene rings is 3. The lowest BCUT2D eigenvalue weighted by molar-refractivity contribution is -0.122. The quantitative estimate of drug-likeness (QED) is 0.358. The van der Waals surface area contributed by atoms with Gasteiger partial charge in [-0.3, -0.25) is 14.9 Å². The van der Waals surface area contributed by atoms with Gasteiger partial charge in [0.25, 0.3) is 11.8 Å². The normalized spacial score (nSPS) is 14.8. The van der Waals surface area contributed by atoms with Crippen LogP contribution in [0.5, 0.6) is 11.5 Å². The average molecular weight is 509 g/mol. The largest absolute Gasteiger partial charge is 0.493 e. The molecule has 4 amide bonds. The summed E-state index contributed by atoms with van der Waals surface area (Å²) >= 11 is 6.43. The van der Waals surface area contributed by atoms with Crippen molar-refractivity contribution in [3.05, 3.63) is 93.3 Å². The smallest absolute Gasteiger partial charge is 0.335 e. The fraction of sp³-hybridized carbons (Fsp3) is 0.148. The first-order valence-corrected chi connectivity index (χ1v) is 11.3. The Morgan fingerprint density at radius 3 is 2.42 bits per heavy atom. The summed E-state index contributed by atoms with van der Waals surface area (Å²) in [5.74, 6) is -1.52. The molecule has 1 fully saturated rings. The number of urea groups is 1. The Hall–Kier alpha value is -4.17. The molecule has 1 heterocycles. The van der Waals surface area contributed by atoms with Crippen molar-refractivity contribution < 1.29 is 28.2 Å². The Morgan fingerprint density at radius 2 is 1.75 bits per heavy atom. The molecule has 0 radical (unpaired) electrons. The number of rotatable bonds is 6. The van der Waals surface area contributed by atoms with E-state index in [1.54, 1.807) is 24.3 Å². The highest BCUT2D eigenvalue weighted by atomic mass is 35.5. The number of halogens is 2. The first kappa shape index (κ1) is 24.9. The molecule has 7 nitrogen and oxygen atoms in total. The fourth-order valence-electron chi connectivity index (χ4n) is 3.88. The van der Waals surface area contributed by atoms with Gasteiger partial charge in [-0.25, -0.2) is 14.1 Å². The van der Waals surface area contributed by atoms with Crippen molar-refractivity contribution in [3.63, 3.8) is 0 Å². The molecule has 0 bridgehead atoms. The van der Waals surface area contributed by atoms with Crippen molar-refractivity contribution >= 4 is 41.2 Å². The molecule has 3 aromatic carbocycles. The highest BCUT2D eigenvalue weighted by Gasteiger charge is 2.37. The molecule has 0 unspecified atom stereocenters. The number of carbonyl (C=O) groups excluding carboxylic acids is 3. The standard InChI is InChI=1S/C27H22ClFN2O5/c1-15-7-16(2)9-20(8-15)31-26(33)21(25(32)30-27(31)34)11-18-12-22(28)24(23(13-18)35-3)36-14-17-5-4-6-19(29)10-17/h4-13H,14H2,1-3H3,(H,30,32,34)/b21-11+. The van der Waals surface area contributed by atoms with Crippen molar-refractivity contribution in [2.45, 2.75) is 20.5 Å². The zero-order valence-electron chi connectivity index (χ0n) is 19.7. The molecule has 0 saturated carbocycles. The van der Waals surface area contributed by atoms with E-state index in [1.165, 1.54) is 37.5 Å². The highest BCUT2D eigenvalue weighted by Crippen LogP contribution is 2.38. The Kier molecular flexibility index (Phi) is 7.07. The maximum Gasteiger partial charge on any atom is 0.335 e. The van der Waals surface area contributed by atoms with Crippen LogP contribution in [0.25, 0.3) is 6.08 Å². The topological polar surface area (TPSA) is 84.9 Å². The number of nitrogens with one attached hydrogen (secondary N) is 1. The first-order valence-electron chi connectivity index (χ1n) is 10.9. The number of methoxy groups -OCH3 is 1. The molecule has 0 atom stereocenters. The van der Waals surface area contributed by atoms with E-state index in [-0.39, 0.29) is 34.5 Å². The molecule has 0 spiro atoms. The predicted molar refractivity (Wildman–Crippen MR) is 134 cm³/mol. The van der Waals surface area contributed by atoms with Crippen molar-refractivity contribution in [2.75, 3.05) is 12.0 Å². The second kappa shape index (κ2) is 10.2. The molecule has 1 aliphatic rings. The average Bonchev–Trinajstić information content (AvgIpc) is 2.80. The van der Waals surface area contributed by atoms with Crippen LogP contribution in [-0.2, 0) is 16.2 Å². The van der Waals surface area contributed by atoms with Gasteiger partial charge in [-0.2, -0.15) is 0 Å². The number of hydrogen-bond donors (Lipinski definition) is 1. The SMILES string of the molecule is COc1cc(/C=C2\C(=O)NC(=O)N(c3cc(C)cc(C)c3)C2=O)cc(Cl)c1OCc1cccc(F)c1. The predicted octanol–water partition coefficient (Wildman–Crippen LogP) is 5.35. The van der Waals surface area contributed by atoms with Gasteiger partial charge < -0.3 is 9.47 Å². The lowest BCUT2D eigenvalue weighted by Crippen LogP contribution is -2.54. The second-order valence-corrected chi connectivity index (χ2v) is 8.66. The van der Waals surface area contributed by atoms with Gasteiger partial charge in [-0.05, 0) is 78.6 Å². The highest BCUT2D eigenvalue weighted by molar-refractivity contribution is 6.39. The molecule has 36 heavy (non-hydrogen) atoms. The third kappa shape index (κ3) is 5.23. The summed E-state index contributed by atoms with van der Waals surface area (Å²) in [6, 6.07) is 13.4. The Labute approximate surface area is 212 Å². The summed E-state index contributed by atoms with van der Waals surface area (Å²) in [6.07, 6.45) is 1.32. The lowest BCUT2D eigenvalue weighted by atomic mass is 10.0. The number of anilines is 1. The van der Waals surface area contributed by atoms with Crippen LogP contribution in [0.1, 0.15) is 22.3 Å². The molecular formula is C27H22ClFN2O5. The number of hydrogen-bond acceptors (Lipinski definition) is 5. The van der Waals surface area contributed by atoms with E-state index in [0.717, 1.165) is 16.0 Å². The summed E-state index contributed by atoms with van der Waals surface area (Å²) < 4.78 is 24.6. The zero-order chi connectivity index (χ0) is 26.0. The molecule has 0 aliphatic carbocycles. The van der Waals surface area contributed by atoms with Crippen LogP contribution in [0.4, 0.5) is 14.9 Å². The Bertz CT molecular complexity index is 1400. The number of aryl methyl sites for hydroxylation is 2. The molecule has 1 saturated heterocycles. The minimum absolute atomic E-state index is 0.0438. The van der Waals surface area contributed by atoms with Crippen molar-refractivity contribution in [3.8, 4) is 11.5 Å². The van der Waals surface area contributed by atoms with Gasteiger partial charge in [0.2, 0.25) is 0 Å². The van der Waals surface area contributed by atoms with Crippen LogP contribution in [0.15, 0.2) is 60.2 Å². The van der Waals surface area contributed by atoms with E-state index < -0.39 is 17.8 Å². The van der Waals surface area contributed by atoms with E-state index in [4.69, 9.17) is 21.1 Å². The lowest BCUT2D eigenvalue weighted by Gasteiger charge is -2.27. The second-order valence-electron chi connectivity index (χ2n) is 8.26. The Morgan fingerprint density at radius 1 is 1.03 bits per heavy atom. The number of nitrogens with zero attached hydrogens (tertiary/aromatic N) is 1. The van der Waals surface area contributed by atoms with E-state index in [1.807, 2.05) is 19.9 Å². The van der Waals surface area contributed by atoms with Crippen LogP contribution < -0.4 is 19.7 Å². The summed E-state index contributed by atoms with van der Waals surface area (Å²) in [5.41, 5.74) is 2.80. The maximum absolute atomic E-state index is 13.5. The third-order valence-corrected chi connectivity index (χ3v) is 5.68.